The molecule has 1 aliphatic heterocycles. The van der Waals surface area contributed by atoms with Gasteiger partial charge in [0.15, 0.2) is 6.10 Å². The Hall–Kier alpha value is -3.30. The first-order valence-corrected chi connectivity index (χ1v) is 10.6. The molecule has 0 bridgehead atoms. The maximum Gasteiger partial charge on any atom is 0.280 e. The quantitative estimate of drug-likeness (QED) is 0.552. The van der Waals surface area contributed by atoms with Crippen molar-refractivity contribution < 1.29 is 23.0 Å². The van der Waals surface area contributed by atoms with Crippen molar-refractivity contribution in [3.63, 3.8) is 0 Å². The van der Waals surface area contributed by atoms with E-state index in [1.807, 2.05) is 6.92 Å². The number of carbonyl (C=O) groups is 1. The lowest BCUT2D eigenvalue weighted by atomic mass is 9.93. The predicted molar refractivity (Wildman–Crippen MR) is 112 cm³/mol. The molecule has 2 atom stereocenters. The molecule has 2 aromatic heterocycles. The number of piperidine rings is 1. The highest BCUT2D eigenvalue weighted by molar-refractivity contribution is 5.81. The van der Waals surface area contributed by atoms with E-state index in [9.17, 15) is 13.6 Å². The molecule has 4 rings (SSSR count). The molecule has 0 radical (unpaired) electrons. The number of ether oxygens (including phenoxy) is 2. The number of aromatic nitrogens is 4. The van der Waals surface area contributed by atoms with Crippen molar-refractivity contribution in [1.29, 1.82) is 0 Å². The van der Waals surface area contributed by atoms with Gasteiger partial charge in [0, 0.05) is 25.1 Å². The van der Waals surface area contributed by atoms with Gasteiger partial charge in [-0.2, -0.15) is 14.6 Å². The molecule has 1 amide bonds. The Morgan fingerprint density at radius 3 is 2.84 bits per heavy atom. The number of benzene rings is 1. The first-order valence-electron chi connectivity index (χ1n) is 10.6. The van der Waals surface area contributed by atoms with E-state index in [0.29, 0.717) is 36.7 Å². The van der Waals surface area contributed by atoms with E-state index in [0.717, 1.165) is 17.4 Å². The third-order valence-corrected chi connectivity index (χ3v) is 5.64. The molecule has 10 heteroatoms. The van der Waals surface area contributed by atoms with E-state index in [2.05, 4.69) is 15.1 Å². The number of rotatable bonds is 7. The third kappa shape index (κ3) is 4.49. The molecule has 8 nitrogen and oxygen atoms in total. The zero-order valence-corrected chi connectivity index (χ0v) is 17.9. The predicted octanol–water partition coefficient (Wildman–Crippen LogP) is 3.63. The molecule has 0 saturated carbocycles. The molecule has 3 heterocycles. The Morgan fingerprint density at radius 2 is 2.09 bits per heavy atom. The molecule has 1 aromatic carbocycles. The van der Waals surface area contributed by atoms with E-state index < -0.39 is 12.5 Å². The van der Waals surface area contributed by atoms with Crippen molar-refractivity contribution >= 4 is 11.7 Å². The number of methoxy groups -OCH3 is 1. The number of carbonyl (C=O) groups excluding carboxylic acids is 1. The minimum Gasteiger partial charge on any atom is -0.497 e. The van der Waals surface area contributed by atoms with Gasteiger partial charge in [0.25, 0.3) is 18.1 Å². The van der Waals surface area contributed by atoms with E-state index in [4.69, 9.17) is 9.47 Å². The van der Waals surface area contributed by atoms with Crippen molar-refractivity contribution in [3.8, 4) is 11.5 Å². The van der Waals surface area contributed by atoms with E-state index in [1.54, 1.807) is 36.3 Å². The van der Waals surface area contributed by atoms with Gasteiger partial charge in [-0.15, -0.1) is 0 Å². The smallest absolute Gasteiger partial charge is 0.280 e. The Balaban J connectivity index is 1.51. The second-order valence-corrected chi connectivity index (χ2v) is 7.70. The van der Waals surface area contributed by atoms with Crippen molar-refractivity contribution in [1.82, 2.24) is 24.5 Å². The van der Waals surface area contributed by atoms with Crippen molar-refractivity contribution in [3.05, 3.63) is 48.0 Å². The zero-order valence-electron chi connectivity index (χ0n) is 17.9. The Bertz CT molecular complexity index is 1090. The number of hydrogen-bond acceptors (Lipinski definition) is 6. The van der Waals surface area contributed by atoms with Gasteiger partial charge in [-0.05, 0) is 37.5 Å². The first kappa shape index (κ1) is 21.9. The van der Waals surface area contributed by atoms with Crippen LogP contribution in [0.1, 0.15) is 49.9 Å². The molecule has 0 spiro atoms. The van der Waals surface area contributed by atoms with Gasteiger partial charge in [-0.3, -0.25) is 4.79 Å². The van der Waals surface area contributed by atoms with Crippen LogP contribution in [0.25, 0.3) is 5.78 Å². The van der Waals surface area contributed by atoms with Gasteiger partial charge in [0.1, 0.15) is 23.5 Å². The summed E-state index contributed by atoms with van der Waals surface area (Å²) in [5.41, 5.74) is 0.249. The minimum absolute atomic E-state index is 0.127. The van der Waals surface area contributed by atoms with Gasteiger partial charge >= 0.3 is 0 Å². The molecule has 170 valence electrons. The topological polar surface area (TPSA) is 81.9 Å². The van der Waals surface area contributed by atoms with Crippen LogP contribution in [0.15, 0.2) is 36.7 Å². The molecule has 0 unspecified atom stereocenters. The van der Waals surface area contributed by atoms with Gasteiger partial charge in [0.2, 0.25) is 0 Å². The normalized spacial score (nSPS) is 17.5. The summed E-state index contributed by atoms with van der Waals surface area (Å²) in [6.07, 6.45) is -0.160. The lowest BCUT2D eigenvalue weighted by Gasteiger charge is -2.34. The van der Waals surface area contributed by atoms with Gasteiger partial charge < -0.3 is 14.4 Å². The lowest BCUT2D eigenvalue weighted by molar-refractivity contribution is -0.140. The molecule has 0 aliphatic carbocycles. The summed E-state index contributed by atoms with van der Waals surface area (Å²) in [6, 6.07) is 8.49. The highest BCUT2D eigenvalue weighted by Crippen LogP contribution is 2.30. The first-order chi connectivity index (χ1) is 15.5. The van der Waals surface area contributed by atoms with Crippen LogP contribution in [-0.4, -0.2) is 56.7 Å². The summed E-state index contributed by atoms with van der Waals surface area (Å²) in [7, 11) is 1.57. The summed E-state index contributed by atoms with van der Waals surface area (Å²) in [4.78, 5) is 23.3. The van der Waals surface area contributed by atoms with Crippen molar-refractivity contribution in [2.45, 2.75) is 44.6 Å². The molecule has 3 aromatic rings. The molecule has 0 N–H and O–H groups in total. The summed E-state index contributed by atoms with van der Waals surface area (Å²) in [6.45, 7) is 2.86. The van der Waals surface area contributed by atoms with Crippen LogP contribution >= 0.6 is 0 Å². The number of alkyl halides is 2. The molecule has 1 aliphatic rings. The third-order valence-electron chi connectivity index (χ3n) is 5.64. The molecular weight excluding hydrogens is 420 g/mol. The van der Waals surface area contributed by atoms with Gasteiger partial charge in [0.05, 0.1) is 12.8 Å². The van der Waals surface area contributed by atoms with Crippen LogP contribution in [-0.2, 0) is 4.79 Å². The van der Waals surface area contributed by atoms with Crippen LogP contribution in [0, 0.1) is 0 Å². The standard InChI is InChI=1S/C22H25F2N5O3/c1-3-19(32-16-8-4-7-15(10-16)31-2)21(30)28-9-5-6-14(12-28)17-11-18(20(23)24)29-22(27-17)25-13-26-29/h4,7-8,10-11,13-14,19-20H,3,5-6,9,12H2,1-2H3/t14-,19+/m1/s1. The van der Waals surface area contributed by atoms with Crippen LogP contribution < -0.4 is 9.47 Å². The van der Waals surface area contributed by atoms with Gasteiger partial charge in [-0.25, -0.2) is 13.8 Å². The SMILES string of the molecule is CC[C@H](Oc1cccc(OC)c1)C(=O)N1CCC[C@@H](c2cc(C(F)F)n3ncnc3n2)C1. The fraction of sp³-hybridized carbons (Fsp3) is 0.455. The number of amides is 1. The van der Waals surface area contributed by atoms with Crippen LogP contribution in [0.2, 0.25) is 0 Å². The fourth-order valence-electron chi connectivity index (χ4n) is 3.99. The van der Waals surface area contributed by atoms with Gasteiger partial charge in [-0.1, -0.05) is 13.0 Å². The molecular formula is C22H25F2N5O3. The average molecular weight is 445 g/mol. The summed E-state index contributed by atoms with van der Waals surface area (Å²) < 4.78 is 39.3. The van der Waals surface area contributed by atoms with Crippen LogP contribution in [0.4, 0.5) is 8.78 Å². The molecule has 1 fully saturated rings. The fourth-order valence-corrected chi connectivity index (χ4v) is 3.99. The number of likely N-dealkylation sites (tertiary alicyclic amines) is 1. The largest absolute Gasteiger partial charge is 0.497 e. The average Bonchev–Trinajstić information content (AvgIpc) is 3.30. The van der Waals surface area contributed by atoms with E-state index in [1.165, 1.54) is 12.4 Å². The number of nitrogens with zero attached hydrogens (tertiary/aromatic N) is 5. The van der Waals surface area contributed by atoms with Crippen molar-refractivity contribution in [2.24, 2.45) is 0 Å². The Kier molecular flexibility index (Phi) is 6.48. The molecule has 32 heavy (non-hydrogen) atoms. The molecule has 1 saturated heterocycles. The minimum atomic E-state index is -2.71. The summed E-state index contributed by atoms with van der Waals surface area (Å²) in [5, 5.41) is 3.83. The maximum absolute atomic E-state index is 13.5. The zero-order chi connectivity index (χ0) is 22.7. The highest BCUT2D eigenvalue weighted by Gasteiger charge is 2.31. The number of hydrogen-bond donors (Lipinski definition) is 0. The lowest BCUT2D eigenvalue weighted by Crippen LogP contribution is -2.46. The number of halogens is 2. The van der Waals surface area contributed by atoms with Crippen molar-refractivity contribution in [2.75, 3.05) is 20.2 Å². The monoisotopic (exact) mass is 445 g/mol. The summed E-state index contributed by atoms with van der Waals surface area (Å²) in [5.74, 6) is 1.04. The second-order valence-electron chi connectivity index (χ2n) is 7.70. The van der Waals surface area contributed by atoms with Crippen LogP contribution in [0.3, 0.4) is 0 Å². The summed E-state index contributed by atoms with van der Waals surface area (Å²) >= 11 is 0. The Morgan fingerprint density at radius 1 is 1.28 bits per heavy atom. The van der Waals surface area contributed by atoms with E-state index in [-0.39, 0.29) is 23.3 Å². The van der Waals surface area contributed by atoms with Crippen LogP contribution in [0.5, 0.6) is 11.5 Å². The maximum atomic E-state index is 13.5. The Labute approximate surface area is 184 Å². The number of fused-ring (bicyclic) bond motifs is 1. The highest BCUT2D eigenvalue weighted by atomic mass is 19.3. The van der Waals surface area contributed by atoms with E-state index >= 15 is 0 Å². The second kappa shape index (κ2) is 9.46.